The number of carbonyl (C=O) groups excluding carboxylic acids is 2. The summed E-state index contributed by atoms with van der Waals surface area (Å²) in [5.41, 5.74) is 2.62. The van der Waals surface area contributed by atoms with Gasteiger partial charge in [0.05, 0.1) is 22.7 Å². The Bertz CT molecular complexity index is 1250. The van der Waals surface area contributed by atoms with Crippen LogP contribution in [-0.2, 0) is 21.4 Å². The molecular formula is C25H28N4O4S. The lowest BCUT2D eigenvalue weighted by atomic mass is 10.1. The Morgan fingerprint density at radius 1 is 0.941 bits per heavy atom. The molecule has 0 spiro atoms. The van der Waals surface area contributed by atoms with Gasteiger partial charge in [0.25, 0.3) is 5.91 Å². The minimum absolute atomic E-state index is 0.0333. The van der Waals surface area contributed by atoms with Gasteiger partial charge < -0.3 is 10.6 Å². The quantitative estimate of drug-likeness (QED) is 0.435. The number of benzene rings is 3. The number of rotatable bonds is 9. The van der Waals surface area contributed by atoms with Gasteiger partial charge >= 0.3 is 0 Å². The predicted molar refractivity (Wildman–Crippen MR) is 132 cm³/mol. The van der Waals surface area contributed by atoms with E-state index < -0.39 is 10.0 Å². The van der Waals surface area contributed by atoms with E-state index in [0.29, 0.717) is 17.8 Å². The number of likely N-dealkylation sites (N-methyl/N-ethyl adjacent to an activating group) is 1. The molecule has 2 amide bonds. The maximum atomic E-state index is 12.7. The van der Waals surface area contributed by atoms with Crippen LogP contribution in [0.4, 0.5) is 5.69 Å². The molecule has 9 heteroatoms. The van der Waals surface area contributed by atoms with Crippen LogP contribution in [-0.4, -0.2) is 38.7 Å². The first-order chi connectivity index (χ1) is 16.1. The van der Waals surface area contributed by atoms with Crippen molar-refractivity contribution in [2.75, 3.05) is 18.9 Å². The van der Waals surface area contributed by atoms with Gasteiger partial charge in [0.1, 0.15) is 0 Å². The van der Waals surface area contributed by atoms with Crippen LogP contribution >= 0.6 is 0 Å². The molecule has 4 N–H and O–H groups in total. The number of nitrogens with zero attached hydrogens (tertiary/aromatic N) is 1. The fourth-order valence-electron chi connectivity index (χ4n) is 3.41. The monoisotopic (exact) mass is 480 g/mol. The Morgan fingerprint density at radius 3 is 2.21 bits per heavy atom. The van der Waals surface area contributed by atoms with Crippen LogP contribution in [0, 0.1) is 0 Å². The molecule has 0 radical (unpaired) electrons. The summed E-state index contributed by atoms with van der Waals surface area (Å²) in [7, 11) is -1.97. The first-order valence-corrected chi connectivity index (χ1v) is 12.2. The topological polar surface area (TPSA) is 122 Å². The SMILES string of the molecule is CC(c1ccc(S(N)(=O)=O)cc1)N(C)CC(=O)Nc1ccccc1C(=O)NCc1ccccc1. The van der Waals surface area contributed by atoms with Crippen molar-refractivity contribution in [2.24, 2.45) is 5.14 Å². The molecule has 0 aliphatic carbocycles. The van der Waals surface area contributed by atoms with E-state index in [1.165, 1.54) is 12.1 Å². The number of carbonyl (C=O) groups is 2. The Balaban J connectivity index is 1.61. The molecule has 178 valence electrons. The third kappa shape index (κ3) is 6.74. The number of hydrogen-bond acceptors (Lipinski definition) is 5. The summed E-state index contributed by atoms with van der Waals surface area (Å²) in [5, 5.41) is 10.8. The minimum Gasteiger partial charge on any atom is -0.348 e. The number of amides is 2. The zero-order chi connectivity index (χ0) is 24.7. The van der Waals surface area contributed by atoms with Gasteiger partial charge in [-0.05, 0) is 49.4 Å². The van der Waals surface area contributed by atoms with Crippen LogP contribution < -0.4 is 15.8 Å². The normalized spacial score (nSPS) is 12.2. The summed E-state index contributed by atoms with van der Waals surface area (Å²) >= 11 is 0. The second kappa shape index (κ2) is 11.1. The van der Waals surface area contributed by atoms with Gasteiger partial charge in [-0.1, -0.05) is 54.6 Å². The number of primary sulfonamides is 1. The first kappa shape index (κ1) is 25.1. The number of sulfonamides is 1. The molecule has 0 aromatic heterocycles. The lowest BCUT2D eigenvalue weighted by Gasteiger charge is -2.25. The second-order valence-electron chi connectivity index (χ2n) is 7.97. The molecule has 0 saturated heterocycles. The third-order valence-corrected chi connectivity index (χ3v) is 6.42. The summed E-state index contributed by atoms with van der Waals surface area (Å²) in [5.74, 6) is -0.560. The fraction of sp³-hybridized carbons (Fsp3) is 0.200. The molecule has 0 bridgehead atoms. The van der Waals surface area contributed by atoms with E-state index in [4.69, 9.17) is 5.14 Å². The van der Waals surface area contributed by atoms with E-state index in [-0.39, 0.29) is 29.3 Å². The van der Waals surface area contributed by atoms with Crippen molar-refractivity contribution in [1.29, 1.82) is 0 Å². The van der Waals surface area contributed by atoms with E-state index in [1.54, 1.807) is 43.4 Å². The number of para-hydroxylation sites is 1. The molecule has 0 aliphatic heterocycles. The average molecular weight is 481 g/mol. The predicted octanol–water partition coefficient (Wildman–Crippen LogP) is 2.90. The van der Waals surface area contributed by atoms with Crippen LogP contribution in [0.2, 0.25) is 0 Å². The summed E-state index contributed by atoms with van der Waals surface area (Å²) in [6.45, 7) is 2.36. The highest BCUT2D eigenvalue weighted by Gasteiger charge is 2.18. The molecule has 8 nitrogen and oxygen atoms in total. The Labute approximate surface area is 199 Å². The van der Waals surface area contributed by atoms with E-state index in [1.807, 2.05) is 42.2 Å². The van der Waals surface area contributed by atoms with Gasteiger partial charge in [-0.25, -0.2) is 13.6 Å². The summed E-state index contributed by atoms with van der Waals surface area (Å²) < 4.78 is 22.9. The highest BCUT2D eigenvalue weighted by atomic mass is 32.2. The molecule has 0 fully saturated rings. The number of nitrogens with two attached hydrogens (primary N) is 1. The highest BCUT2D eigenvalue weighted by molar-refractivity contribution is 7.89. The van der Waals surface area contributed by atoms with Crippen molar-refractivity contribution in [2.45, 2.75) is 24.4 Å². The zero-order valence-corrected chi connectivity index (χ0v) is 19.9. The van der Waals surface area contributed by atoms with Crippen molar-refractivity contribution in [3.63, 3.8) is 0 Å². The van der Waals surface area contributed by atoms with Crippen molar-refractivity contribution < 1.29 is 18.0 Å². The van der Waals surface area contributed by atoms with E-state index in [0.717, 1.165) is 11.1 Å². The lowest BCUT2D eigenvalue weighted by molar-refractivity contribution is -0.117. The minimum atomic E-state index is -3.76. The molecule has 1 unspecified atom stereocenters. The number of nitrogens with one attached hydrogen (secondary N) is 2. The Kier molecular flexibility index (Phi) is 8.17. The van der Waals surface area contributed by atoms with E-state index >= 15 is 0 Å². The van der Waals surface area contributed by atoms with Crippen LogP contribution in [0.15, 0.2) is 83.8 Å². The van der Waals surface area contributed by atoms with E-state index in [9.17, 15) is 18.0 Å². The zero-order valence-electron chi connectivity index (χ0n) is 19.1. The van der Waals surface area contributed by atoms with Crippen molar-refractivity contribution >= 4 is 27.5 Å². The lowest BCUT2D eigenvalue weighted by Crippen LogP contribution is -2.33. The Morgan fingerprint density at radius 2 is 1.56 bits per heavy atom. The summed E-state index contributed by atoms with van der Waals surface area (Å²) in [4.78, 5) is 27.3. The van der Waals surface area contributed by atoms with Crippen molar-refractivity contribution in [3.8, 4) is 0 Å². The molecule has 0 aliphatic rings. The number of hydrogen-bond donors (Lipinski definition) is 3. The Hall–Kier alpha value is -3.53. The van der Waals surface area contributed by atoms with Crippen LogP contribution in [0.3, 0.4) is 0 Å². The smallest absolute Gasteiger partial charge is 0.253 e. The molecular weight excluding hydrogens is 452 g/mol. The van der Waals surface area contributed by atoms with Crippen LogP contribution in [0.1, 0.15) is 34.5 Å². The molecule has 0 heterocycles. The van der Waals surface area contributed by atoms with Crippen molar-refractivity contribution in [3.05, 3.63) is 95.6 Å². The third-order valence-electron chi connectivity index (χ3n) is 5.49. The summed E-state index contributed by atoms with van der Waals surface area (Å²) in [6, 6.07) is 22.5. The molecule has 34 heavy (non-hydrogen) atoms. The van der Waals surface area contributed by atoms with Gasteiger partial charge in [-0.3, -0.25) is 14.5 Å². The van der Waals surface area contributed by atoms with Gasteiger partial charge in [0.15, 0.2) is 0 Å². The standard InChI is InChI=1S/C25H28N4O4S/c1-18(20-12-14-21(15-13-20)34(26,32)33)29(2)17-24(30)28-23-11-7-6-10-22(23)25(31)27-16-19-8-4-3-5-9-19/h3-15,18H,16-17H2,1-2H3,(H,27,31)(H,28,30)(H2,26,32,33). The fourth-order valence-corrected chi connectivity index (χ4v) is 3.92. The molecule has 3 rings (SSSR count). The largest absolute Gasteiger partial charge is 0.348 e. The van der Waals surface area contributed by atoms with Crippen LogP contribution in [0.5, 0.6) is 0 Å². The average Bonchev–Trinajstić information content (AvgIpc) is 2.82. The van der Waals surface area contributed by atoms with Gasteiger partial charge in [0, 0.05) is 12.6 Å². The van der Waals surface area contributed by atoms with E-state index in [2.05, 4.69) is 10.6 Å². The molecule has 1 atom stereocenters. The van der Waals surface area contributed by atoms with Gasteiger partial charge in [-0.2, -0.15) is 0 Å². The maximum Gasteiger partial charge on any atom is 0.253 e. The van der Waals surface area contributed by atoms with Gasteiger partial charge in [-0.15, -0.1) is 0 Å². The molecule has 3 aromatic carbocycles. The highest BCUT2D eigenvalue weighted by Crippen LogP contribution is 2.21. The van der Waals surface area contributed by atoms with Crippen LogP contribution in [0.25, 0.3) is 0 Å². The molecule has 3 aromatic rings. The van der Waals surface area contributed by atoms with Crippen molar-refractivity contribution in [1.82, 2.24) is 10.2 Å². The maximum absolute atomic E-state index is 12.7. The second-order valence-corrected chi connectivity index (χ2v) is 9.53. The number of anilines is 1. The van der Waals surface area contributed by atoms with Gasteiger partial charge in [0.2, 0.25) is 15.9 Å². The molecule has 0 saturated carbocycles. The summed E-state index contributed by atoms with van der Waals surface area (Å²) in [6.07, 6.45) is 0. The first-order valence-electron chi connectivity index (χ1n) is 10.7.